The quantitative estimate of drug-likeness (QED) is 0.425. The van der Waals surface area contributed by atoms with Crippen molar-refractivity contribution in [2.75, 3.05) is 23.8 Å². The maximum absolute atomic E-state index is 13.3. The summed E-state index contributed by atoms with van der Waals surface area (Å²) in [4.78, 5) is 17.3. The molecule has 0 saturated carbocycles. The Morgan fingerprint density at radius 2 is 2.06 bits per heavy atom. The van der Waals surface area contributed by atoms with Crippen molar-refractivity contribution in [1.82, 2.24) is 10.3 Å². The fraction of sp³-hybridized carbons (Fsp3) is 0.360. The molecule has 1 atom stereocenters. The highest BCUT2D eigenvalue weighted by atomic mass is 19.3. The molecule has 0 bridgehead atoms. The molecule has 1 aromatic carbocycles. The molecule has 1 fully saturated rings. The molecule has 1 unspecified atom stereocenters. The van der Waals surface area contributed by atoms with Crippen LogP contribution < -0.4 is 16.0 Å². The van der Waals surface area contributed by atoms with Crippen molar-refractivity contribution in [3.63, 3.8) is 0 Å². The first-order valence-corrected chi connectivity index (χ1v) is 11.2. The number of allylic oxidation sites excluding steroid dienone is 1. The second-order valence-corrected chi connectivity index (χ2v) is 9.19. The number of alkyl halides is 2. The predicted molar refractivity (Wildman–Crippen MR) is 127 cm³/mol. The number of carbonyl (C=O) groups is 1. The molecule has 1 aliphatic carbocycles. The van der Waals surface area contributed by atoms with Crippen molar-refractivity contribution >= 4 is 17.4 Å². The van der Waals surface area contributed by atoms with Crippen LogP contribution in [0.1, 0.15) is 36.2 Å². The van der Waals surface area contributed by atoms with Gasteiger partial charge in [0, 0.05) is 55.2 Å². The topological polar surface area (TPSA) is 105 Å². The molecular formula is C25H28F2N4O4. The van der Waals surface area contributed by atoms with Crippen LogP contribution in [0.3, 0.4) is 0 Å². The molecule has 35 heavy (non-hydrogen) atoms. The number of anilines is 2. The summed E-state index contributed by atoms with van der Waals surface area (Å²) < 4.78 is 35.6. The number of benzene rings is 1. The second kappa shape index (κ2) is 10.0. The molecule has 4 rings (SSSR count). The first-order chi connectivity index (χ1) is 16.6. The minimum absolute atomic E-state index is 0.0105. The Morgan fingerprint density at radius 3 is 2.86 bits per heavy atom. The second-order valence-electron chi connectivity index (χ2n) is 9.19. The highest BCUT2D eigenvalue weighted by Gasteiger charge is 2.47. The number of hydrogen-bond acceptors (Lipinski definition) is 7. The lowest BCUT2D eigenvalue weighted by Gasteiger charge is -2.22. The number of nitrogens with one attached hydrogen (secondary N) is 3. The van der Waals surface area contributed by atoms with Gasteiger partial charge in [-0.3, -0.25) is 9.53 Å². The van der Waals surface area contributed by atoms with Gasteiger partial charge in [0.15, 0.2) is 0 Å². The van der Waals surface area contributed by atoms with Gasteiger partial charge in [-0.15, -0.1) is 8.78 Å². The van der Waals surface area contributed by atoms with E-state index in [2.05, 4.69) is 30.4 Å². The Labute approximate surface area is 202 Å². The summed E-state index contributed by atoms with van der Waals surface area (Å²) in [5.74, 6) is 0.295. The summed E-state index contributed by atoms with van der Waals surface area (Å²) >= 11 is 0. The third kappa shape index (κ3) is 6.34. The van der Waals surface area contributed by atoms with Gasteiger partial charge in [0.1, 0.15) is 17.7 Å². The van der Waals surface area contributed by atoms with E-state index in [9.17, 15) is 18.7 Å². The van der Waals surface area contributed by atoms with Crippen molar-refractivity contribution in [3.05, 3.63) is 77.3 Å². The molecule has 1 aromatic heterocycles. The van der Waals surface area contributed by atoms with Crippen LogP contribution in [-0.2, 0) is 16.0 Å². The third-order valence-corrected chi connectivity index (χ3v) is 5.60. The van der Waals surface area contributed by atoms with E-state index < -0.39 is 12.4 Å². The van der Waals surface area contributed by atoms with E-state index in [0.717, 1.165) is 5.56 Å². The van der Waals surface area contributed by atoms with Crippen LogP contribution in [0, 0.1) is 5.41 Å². The Balaban J connectivity index is 1.39. The van der Waals surface area contributed by atoms with E-state index in [1.165, 1.54) is 6.08 Å². The van der Waals surface area contributed by atoms with Gasteiger partial charge in [-0.1, -0.05) is 32.1 Å². The number of carbonyl (C=O) groups excluding carboxylic acids is 1. The Hall–Kier alpha value is -3.50. The molecule has 2 aliphatic rings. The molecule has 8 nitrogen and oxygen atoms in total. The number of rotatable bonds is 9. The van der Waals surface area contributed by atoms with Crippen LogP contribution in [0.5, 0.6) is 0 Å². The zero-order valence-corrected chi connectivity index (χ0v) is 19.5. The van der Waals surface area contributed by atoms with Crippen LogP contribution in [0.15, 0.2) is 66.2 Å². The fourth-order valence-corrected chi connectivity index (χ4v) is 3.57. The summed E-state index contributed by atoms with van der Waals surface area (Å²) in [5, 5.41) is 18.7. The summed E-state index contributed by atoms with van der Waals surface area (Å²) in [6.07, 6.45) is 0.332. The van der Waals surface area contributed by atoms with Crippen molar-refractivity contribution < 1.29 is 28.2 Å². The number of aliphatic hydroxyl groups excluding tert-OH is 1. The van der Waals surface area contributed by atoms with Gasteiger partial charge in [-0.05, 0) is 29.8 Å². The molecule has 1 amide bonds. The van der Waals surface area contributed by atoms with E-state index in [1.54, 1.807) is 30.5 Å². The zero-order chi connectivity index (χ0) is 25.1. The van der Waals surface area contributed by atoms with E-state index in [1.807, 2.05) is 32.0 Å². The average Bonchev–Trinajstić information content (AvgIpc) is 3.15. The number of para-hydroxylation sites is 1. The van der Waals surface area contributed by atoms with Crippen molar-refractivity contribution in [1.29, 1.82) is 0 Å². The van der Waals surface area contributed by atoms with E-state index in [4.69, 9.17) is 0 Å². The maximum atomic E-state index is 13.3. The molecule has 1 aliphatic heterocycles. The first-order valence-electron chi connectivity index (χ1n) is 11.2. The number of pyridine rings is 1. The zero-order valence-electron chi connectivity index (χ0n) is 19.5. The Morgan fingerprint density at radius 1 is 1.26 bits per heavy atom. The van der Waals surface area contributed by atoms with Crippen LogP contribution in [0.2, 0.25) is 0 Å². The van der Waals surface area contributed by atoms with Gasteiger partial charge < -0.3 is 25.8 Å². The van der Waals surface area contributed by atoms with Crippen LogP contribution in [-0.4, -0.2) is 41.5 Å². The maximum Gasteiger partial charge on any atom is 0.535 e. The molecule has 1 saturated heterocycles. The van der Waals surface area contributed by atoms with Gasteiger partial charge in [-0.25, -0.2) is 4.98 Å². The minimum Gasteiger partial charge on any atom is -0.411 e. The number of nitrogens with zero attached hydrogens (tertiary/aromatic N) is 1. The van der Waals surface area contributed by atoms with E-state index in [0.29, 0.717) is 35.9 Å². The van der Waals surface area contributed by atoms with Gasteiger partial charge in [0.2, 0.25) is 0 Å². The SMILES string of the molecule is CC(C)(CO)CNc1cc(CNc2ccccc2C(=O)NC2=CCC3OC(F)(F)OC3=C2)ccn1. The number of aromatic nitrogens is 1. The van der Waals surface area contributed by atoms with E-state index in [-0.39, 0.29) is 30.1 Å². The van der Waals surface area contributed by atoms with Crippen molar-refractivity contribution in [2.24, 2.45) is 5.41 Å². The van der Waals surface area contributed by atoms with Crippen LogP contribution in [0.4, 0.5) is 20.3 Å². The highest BCUT2D eigenvalue weighted by Crippen LogP contribution is 2.38. The van der Waals surface area contributed by atoms with Crippen LogP contribution >= 0.6 is 0 Å². The summed E-state index contributed by atoms with van der Waals surface area (Å²) in [6, 6.07) is 10.8. The van der Waals surface area contributed by atoms with Crippen molar-refractivity contribution in [2.45, 2.75) is 39.2 Å². The molecule has 4 N–H and O–H groups in total. The molecule has 0 spiro atoms. The molecule has 2 aromatic rings. The number of aliphatic hydroxyl groups is 1. The Bertz CT molecular complexity index is 1150. The molecule has 2 heterocycles. The monoisotopic (exact) mass is 486 g/mol. The van der Waals surface area contributed by atoms with E-state index >= 15 is 0 Å². The standard InChI is InChI=1S/C25H28F2N4O4/c1-24(2,15-32)14-30-22-11-16(9-10-28-22)13-29-19-6-4-3-5-18(19)23(33)31-17-7-8-20-21(12-17)35-25(26,27)34-20/h3-7,9-12,20,29,32H,8,13-15H2,1-2H3,(H,28,30)(H,31,33). The average molecular weight is 487 g/mol. The number of amides is 1. The smallest absolute Gasteiger partial charge is 0.411 e. The first kappa shape index (κ1) is 24.6. The lowest BCUT2D eigenvalue weighted by molar-refractivity contribution is -0.341. The number of hydrogen-bond donors (Lipinski definition) is 4. The van der Waals surface area contributed by atoms with Gasteiger partial charge >= 0.3 is 6.29 Å². The third-order valence-electron chi connectivity index (χ3n) is 5.60. The van der Waals surface area contributed by atoms with Gasteiger partial charge in [0.25, 0.3) is 5.91 Å². The molecule has 0 radical (unpaired) electrons. The largest absolute Gasteiger partial charge is 0.535 e. The number of fused-ring (bicyclic) bond motifs is 1. The number of ether oxygens (including phenoxy) is 2. The highest BCUT2D eigenvalue weighted by molar-refractivity contribution is 6.00. The molecular weight excluding hydrogens is 458 g/mol. The molecule has 10 heteroatoms. The molecule has 186 valence electrons. The number of halogens is 2. The fourth-order valence-electron chi connectivity index (χ4n) is 3.57. The van der Waals surface area contributed by atoms with Crippen LogP contribution in [0.25, 0.3) is 0 Å². The summed E-state index contributed by atoms with van der Waals surface area (Å²) in [7, 11) is 0. The van der Waals surface area contributed by atoms with Gasteiger partial charge in [-0.2, -0.15) is 0 Å². The normalized spacial score (nSPS) is 18.6. The predicted octanol–water partition coefficient (Wildman–Crippen LogP) is 3.99. The van der Waals surface area contributed by atoms with Gasteiger partial charge in [0.05, 0.1) is 5.56 Å². The lowest BCUT2D eigenvalue weighted by atomic mass is 9.95. The van der Waals surface area contributed by atoms with Crippen molar-refractivity contribution in [3.8, 4) is 0 Å². The Kier molecular flexibility index (Phi) is 7.04. The summed E-state index contributed by atoms with van der Waals surface area (Å²) in [5.41, 5.74) is 2.06. The summed E-state index contributed by atoms with van der Waals surface area (Å²) in [6.45, 7) is 4.98. The lowest BCUT2D eigenvalue weighted by Crippen LogP contribution is -2.27. The minimum atomic E-state index is -3.66.